The normalized spacial score (nSPS) is 13.2. The van der Waals surface area contributed by atoms with Gasteiger partial charge in [-0.2, -0.15) is 13.2 Å². The van der Waals surface area contributed by atoms with Gasteiger partial charge < -0.3 is 5.32 Å². The number of halogens is 4. The van der Waals surface area contributed by atoms with Crippen LogP contribution in [0.1, 0.15) is 57.9 Å². The Kier molecular flexibility index (Phi) is 10.4. The van der Waals surface area contributed by atoms with Crippen molar-refractivity contribution in [1.29, 1.82) is 0 Å². The first-order valence-electron chi connectivity index (χ1n) is 10.0. The maximum absolute atomic E-state index is 13.4. The number of carbonyl (C=O) groups is 1. The SMILES string of the molecule is CCCCC(CC)CNC(=O)CCCN(c1ccc(Cl)cc1C(F)(F)F)S(C)(=O)=O. The Morgan fingerprint density at radius 1 is 1.23 bits per heavy atom. The maximum atomic E-state index is 13.4. The summed E-state index contributed by atoms with van der Waals surface area (Å²) in [6.45, 7) is 4.45. The second kappa shape index (κ2) is 11.8. The van der Waals surface area contributed by atoms with Crippen LogP contribution >= 0.6 is 11.6 Å². The highest BCUT2D eigenvalue weighted by Crippen LogP contribution is 2.39. The molecule has 1 amide bonds. The molecule has 172 valence electrons. The van der Waals surface area contributed by atoms with Crippen molar-refractivity contribution in [3.63, 3.8) is 0 Å². The number of nitrogens with zero attached hydrogens (tertiary/aromatic N) is 1. The number of rotatable bonds is 12. The van der Waals surface area contributed by atoms with E-state index < -0.39 is 27.5 Å². The topological polar surface area (TPSA) is 66.5 Å². The van der Waals surface area contributed by atoms with E-state index >= 15 is 0 Å². The maximum Gasteiger partial charge on any atom is 0.418 e. The van der Waals surface area contributed by atoms with Gasteiger partial charge in [0, 0.05) is 24.5 Å². The molecule has 0 spiro atoms. The molecular weight excluding hydrogens is 441 g/mol. The van der Waals surface area contributed by atoms with E-state index in [0.717, 1.165) is 38.0 Å². The highest BCUT2D eigenvalue weighted by atomic mass is 35.5. The molecule has 0 aliphatic heterocycles. The van der Waals surface area contributed by atoms with Crippen LogP contribution in [-0.4, -0.2) is 33.7 Å². The van der Waals surface area contributed by atoms with Gasteiger partial charge in [0.2, 0.25) is 15.9 Å². The Morgan fingerprint density at radius 3 is 2.43 bits per heavy atom. The fourth-order valence-electron chi connectivity index (χ4n) is 3.09. The second-order valence-corrected chi connectivity index (χ2v) is 9.66. The van der Waals surface area contributed by atoms with Gasteiger partial charge in [-0.1, -0.05) is 44.7 Å². The highest BCUT2D eigenvalue weighted by Gasteiger charge is 2.36. The molecule has 0 fully saturated rings. The lowest BCUT2D eigenvalue weighted by Gasteiger charge is -2.26. The largest absolute Gasteiger partial charge is 0.418 e. The predicted molar refractivity (Wildman–Crippen MR) is 114 cm³/mol. The van der Waals surface area contributed by atoms with Crippen LogP contribution < -0.4 is 9.62 Å². The first-order chi connectivity index (χ1) is 13.9. The summed E-state index contributed by atoms with van der Waals surface area (Å²) in [6, 6.07) is 2.94. The van der Waals surface area contributed by atoms with Gasteiger partial charge in [0.15, 0.2) is 0 Å². The van der Waals surface area contributed by atoms with Crippen LogP contribution in [0.5, 0.6) is 0 Å². The number of sulfonamides is 1. The van der Waals surface area contributed by atoms with Crippen molar-refractivity contribution in [2.75, 3.05) is 23.7 Å². The van der Waals surface area contributed by atoms with Crippen molar-refractivity contribution in [1.82, 2.24) is 5.32 Å². The van der Waals surface area contributed by atoms with Crippen LogP contribution in [0.4, 0.5) is 18.9 Å². The molecule has 0 saturated heterocycles. The molecule has 0 aromatic heterocycles. The van der Waals surface area contributed by atoms with E-state index in [-0.39, 0.29) is 30.3 Å². The first-order valence-corrected chi connectivity index (χ1v) is 12.2. The van der Waals surface area contributed by atoms with E-state index in [4.69, 9.17) is 11.6 Å². The van der Waals surface area contributed by atoms with Crippen molar-refractivity contribution in [3.8, 4) is 0 Å². The molecule has 0 aliphatic carbocycles. The first kappa shape index (κ1) is 26.6. The monoisotopic (exact) mass is 470 g/mol. The molecule has 5 nitrogen and oxygen atoms in total. The lowest BCUT2D eigenvalue weighted by Crippen LogP contribution is -2.34. The van der Waals surface area contributed by atoms with E-state index in [1.165, 1.54) is 6.07 Å². The number of unbranched alkanes of at least 4 members (excludes halogenated alkanes) is 1. The van der Waals surface area contributed by atoms with Crippen molar-refractivity contribution in [3.05, 3.63) is 28.8 Å². The molecule has 0 bridgehead atoms. The third-order valence-electron chi connectivity index (χ3n) is 4.83. The second-order valence-electron chi connectivity index (χ2n) is 7.32. The number of benzene rings is 1. The van der Waals surface area contributed by atoms with Crippen LogP contribution in [0.2, 0.25) is 5.02 Å². The van der Waals surface area contributed by atoms with Crippen LogP contribution in [0.3, 0.4) is 0 Å². The zero-order chi connectivity index (χ0) is 22.9. The predicted octanol–water partition coefficient (Wildman–Crippen LogP) is 5.24. The number of alkyl halides is 3. The van der Waals surface area contributed by atoms with E-state index in [1.807, 2.05) is 0 Å². The molecule has 30 heavy (non-hydrogen) atoms. The molecular formula is C20H30ClF3N2O3S. The van der Waals surface area contributed by atoms with Gasteiger partial charge in [0.1, 0.15) is 0 Å². The number of hydrogen-bond donors (Lipinski definition) is 1. The number of carbonyl (C=O) groups excluding carboxylic acids is 1. The summed E-state index contributed by atoms with van der Waals surface area (Å²) in [5.74, 6) is 0.135. The molecule has 0 saturated carbocycles. The van der Waals surface area contributed by atoms with Crippen molar-refractivity contribution in [2.24, 2.45) is 5.92 Å². The molecule has 10 heteroatoms. The molecule has 1 aromatic rings. The smallest absolute Gasteiger partial charge is 0.356 e. The fourth-order valence-corrected chi connectivity index (χ4v) is 4.24. The van der Waals surface area contributed by atoms with Gasteiger partial charge in [0.05, 0.1) is 17.5 Å². The molecule has 1 atom stereocenters. The quantitative estimate of drug-likeness (QED) is 0.454. The van der Waals surface area contributed by atoms with E-state index in [1.54, 1.807) is 0 Å². The number of anilines is 1. The summed E-state index contributed by atoms with van der Waals surface area (Å²) in [5.41, 5.74) is -1.63. The summed E-state index contributed by atoms with van der Waals surface area (Å²) in [7, 11) is -3.99. The minimum absolute atomic E-state index is 0.0190. The average Bonchev–Trinajstić information content (AvgIpc) is 2.64. The van der Waals surface area contributed by atoms with Crippen LogP contribution in [0.15, 0.2) is 18.2 Å². The molecule has 1 unspecified atom stereocenters. The fraction of sp³-hybridized carbons (Fsp3) is 0.650. The molecule has 0 radical (unpaired) electrons. The Bertz CT molecular complexity index is 801. The molecule has 0 aliphatic rings. The van der Waals surface area contributed by atoms with Gasteiger partial charge in [-0.25, -0.2) is 8.42 Å². The third kappa shape index (κ3) is 8.71. The van der Waals surface area contributed by atoms with E-state index in [0.29, 0.717) is 22.8 Å². The Labute approximate surface area is 182 Å². The molecule has 0 heterocycles. The van der Waals surface area contributed by atoms with Gasteiger partial charge in [0.25, 0.3) is 0 Å². The minimum atomic E-state index is -4.77. The zero-order valence-corrected chi connectivity index (χ0v) is 19.1. The summed E-state index contributed by atoms with van der Waals surface area (Å²) < 4.78 is 65.1. The third-order valence-corrected chi connectivity index (χ3v) is 6.24. The summed E-state index contributed by atoms with van der Waals surface area (Å²) in [6.07, 6.45) is 0.299. The van der Waals surface area contributed by atoms with E-state index in [2.05, 4.69) is 19.2 Å². The van der Waals surface area contributed by atoms with Crippen molar-refractivity contribution in [2.45, 2.75) is 58.5 Å². The lowest BCUT2D eigenvalue weighted by molar-refractivity contribution is -0.137. The van der Waals surface area contributed by atoms with Gasteiger partial charge in [-0.05, 0) is 37.0 Å². The Hall–Kier alpha value is -1.48. The van der Waals surface area contributed by atoms with Crippen molar-refractivity contribution < 1.29 is 26.4 Å². The van der Waals surface area contributed by atoms with Gasteiger partial charge in [-0.3, -0.25) is 9.10 Å². The van der Waals surface area contributed by atoms with Gasteiger partial charge >= 0.3 is 6.18 Å². The molecule has 1 aromatic carbocycles. The lowest BCUT2D eigenvalue weighted by atomic mass is 9.99. The standard InChI is InChI=1S/C20H30ClF3N2O3S/c1-4-6-8-15(5-2)14-25-19(27)9-7-12-26(30(3,28)29)18-11-10-16(21)13-17(18)20(22,23)24/h10-11,13,15H,4-9,12,14H2,1-3H3,(H,25,27). The minimum Gasteiger partial charge on any atom is -0.356 e. The zero-order valence-electron chi connectivity index (χ0n) is 17.6. The van der Waals surface area contributed by atoms with Crippen LogP contribution in [0, 0.1) is 5.92 Å². The Balaban J connectivity index is 2.80. The summed E-state index contributed by atoms with van der Waals surface area (Å²) >= 11 is 5.67. The number of nitrogens with one attached hydrogen (secondary N) is 1. The molecule has 1 rings (SSSR count). The van der Waals surface area contributed by atoms with Gasteiger partial charge in [-0.15, -0.1) is 0 Å². The Morgan fingerprint density at radius 2 is 1.90 bits per heavy atom. The summed E-state index contributed by atoms with van der Waals surface area (Å²) in [4.78, 5) is 12.1. The van der Waals surface area contributed by atoms with Crippen LogP contribution in [-0.2, 0) is 21.0 Å². The molecule has 1 N–H and O–H groups in total. The number of hydrogen-bond acceptors (Lipinski definition) is 3. The van der Waals surface area contributed by atoms with E-state index in [9.17, 15) is 26.4 Å². The average molecular weight is 471 g/mol. The number of amides is 1. The van der Waals surface area contributed by atoms with Crippen molar-refractivity contribution >= 4 is 33.2 Å². The highest BCUT2D eigenvalue weighted by molar-refractivity contribution is 7.92. The van der Waals surface area contributed by atoms with Crippen LogP contribution in [0.25, 0.3) is 0 Å². The summed E-state index contributed by atoms with van der Waals surface area (Å²) in [5, 5.41) is 2.69.